The Kier molecular flexibility index (Phi) is 4.02. The molecule has 0 radical (unpaired) electrons. The van der Waals surface area contributed by atoms with Crippen molar-refractivity contribution < 1.29 is 4.74 Å². The van der Waals surface area contributed by atoms with E-state index in [1.165, 1.54) is 11.3 Å². The predicted octanol–water partition coefficient (Wildman–Crippen LogP) is 2.29. The Morgan fingerprint density at radius 1 is 1.50 bits per heavy atom. The first kappa shape index (κ1) is 12.7. The second-order valence-corrected chi connectivity index (χ2v) is 5.57. The Balaban J connectivity index is 2.08. The fourth-order valence-corrected chi connectivity index (χ4v) is 2.92. The fourth-order valence-electron chi connectivity index (χ4n) is 1.34. The Hall–Kier alpha value is -1.78. The van der Waals surface area contributed by atoms with E-state index in [-0.39, 0.29) is 0 Å². The topological polar surface area (TPSA) is 84.8 Å². The Labute approximate surface area is 113 Å². The van der Waals surface area contributed by atoms with Crippen LogP contribution in [0.25, 0.3) is 0 Å². The maximum Gasteiger partial charge on any atom is 0.203 e. The molecule has 0 atom stereocenters. The molecule has 0 unspecified atom stereocenters. The summed E-state index contributed by atoms with van der Waals surface area (Å²) in [7, 11) is 1.55. The molecule has 0 bridgehead atoms. The standard InChI is InChI=1S/C11H10N4OS2/c1-16-9-4-7(2-3-8(9)5-12)6-17-11-15-14-10(13)18-11/h2-4H,6H2,1H3,(H2,13,14). The SMILES string of the molecule is COc1cc(CSc2nnc(N)s2)ccc1C#N. The normalized spacial score (nSPS) is 10.0. The molecule has 1 aromatic heterocycles. The summed E-state index contributed by atoms with van der Waals surface area (Å²) in [5.74, 6) is 1.32. The number of ether oxygens (including phenoxy) is 1. The van der Waals surface area contributed by atoms with E-state index in [9.17, 15) is 0 Å². The first-order valence-electron chi connectivity index (χ1n) is 5.01. The van der Waals surface area contributed by atoms with E-state index in [1.807, 2.05) is 12.1 Å². The number of anilines is 1. The first-order chi connectivity index (χ1) is 8.72. The van der Waals surface area contributed by atoms with Gasteiger partial charge in [-0.15, -0.1) is 10.2 Å². The molecule has 92 valence electrons. The van der Waals surface area contributed by atoms with Crippen molar-refractivity contribution in [1.82, 2.24) is 10.2 Å². The highest BCUT2D eigenvalue weighted by atomic mass is 32.2. The lowest BCUT2D eigenvalue weighted by Gasteiger charge is -2.05. The molecule has 0 saturated carbocycles. The van der Waals surface area contributed by atoms with Gasteiger partial charge < -0.3 is 10.5 Å². The number of hydrogen-bond acceptors (Lipinski definition) is 7. The van der Waals surface area contributed by atoms with Gasteiger partial charge in [0.25, 0.3) is 0 Å². The molecule has 0 aliphatic rings. The lowest BCUT2D eigenvalue weighted by atomic mass is 10.1. The van der Waals surface area contributed by atoms with E-state index in [2.05, 4.69) is 16.3 Å². The third kappa shape index (κ3) is 2.91. The summed E-state index contributed by atoms with van der Waals surface area (Å²) in [5.41, 5.74) is 7.10. The van der Waals surface area contributed by atoms with Gasteiger partial charge in [0.2, 0.25) is 5.13 Å². The minimum absolute atomic E-state index is 0.468. The molecule has 2 aromatic rings. The van der Waals surface area contributed by atoms with E-state index in [1.54, 1.807) is 24.9 Å². The van der Waals surface area contributed by atoms with E-state index in [0.717, 1.165) is 15.7 Å². The molecule has 0 amide bonds. The molecule has 2 rings (SSSR count). The van der Waals surface area contributed by atoms with Crippen LogP contribution in [0.4, 0.5) is 5.13 Å². The van der Waals surface area contributed by atoms with Crippen LogP contribution in [0.3, 0.4) is 0 Å². The number of nitrogens with two attached hydrogens (primary N) is 1. The Morgan fingerprint density at radius 3 is 2.94 bits per heavy atom. The molecule has 0 fully saturated rings. The van der Waals surface area contributed by atoms with Crippen LogP contribution in [-0.2, 0) is 5.75 Å². The summed E-state index contributed by atoms with van der Waals surface area (Å²) in [6.45, 7) is 0. The molecule has 5 nitrogen and oxygen atoms in total. The molecule has 18 heavy (non-hydrogen) atoms. The number of hydrogen-bond donors (Lipinski definition) is 1. The van der Waals surface area contributed by atoms with Crippen LogP contribution in [0, 0.1) is 11.3 Å². The molecule has 7 heteroatoms. The van der Waals surface area contributed by atoms with Crippen molar-refractivity contribution >= 4 is 28.2 Å². The number of benzene rings is 1. The number of rotatable bonds is 4. The summed E-state index contributed by atoms with van der Waals surface area (Å²) in [4.78, 5) is 0. The monoisotopic (exact) mass is 278 g/mol. The molecule has 0 saturated heterocycles. The van der Waals surface area contributed by atoms with Crippen molar-refractivity contribution in [1.29, 1.82) is 5.26 Å². The highest BCUT2D eigenvalue weighted by Crippen LogP contribution is 2.28. The van der Waals surface area contributed by atoms with Crippen molar-refractivity contribution in [2.45, 2.75) is 10.1 Å². The highest BCUT2D eigenvalue weighted by Gasteiger charge is 2.06. The fraction of sp³-hybridized carbons (Fsp3) is 0.182. The summed E-state index contributed by atoms with van der Waals surface area (Å²) < 4.78 is 5.99. The molecule has 0 spiro atoms. The van der Waals surface area contributed by atoms with Crippen LogP contribution < -0.4 is 10.5 Å². The van der Waals surface area contributed by atoms with Gasteiger partial charge in [-0.1, -0.05) is 29.2 Å². The van der Waals surface area contributed by atoms with Crippen LogP contribution in [0.2, 0.25) is 0 Å². The lowest BCUT2D eigenvalue weighted by Crippen LogP contribution is -1.90. The zero-order chi connectivity index (χ0) is 13.0. The quantitative estimate of drug-likeness (QED) is 0.864. The van der Waals surface area contributed by atoms with Gasteiger partial charge in [-0.3, -0.25) is 0 Å². The average Bonchev–Trinajstić information content (AvgIpc) is 2.81. The largest absolute Gasteiger partial charge is 0.495 e. The van der Waals surface area contributed by atoms with Crippen LogP contribution in [0.1, 0.15) is 11.1 Å². The lowest BCUT2D eigenvalue weighted by molar-refractivity contribution is 0.413. The molecular formula is C11H10N4OS2. The molecule has 0 aliphatic carbocycles. The van der Waals surface area contributed by atoms with Crippen molar-refractivity contribution in [3.8, 4) is 11.8 Å². The maximum atomic E-state index is 8.89. The van der Waals surface area contributed by atoms with Crippen molar-refractivity contribution in [2.24, 2.45) is 0 Å². The third-order valence-electron chi connectivity index (χ3n) is 2.17. The van der Waals surface area contributed by atoms with Crippen LogP contribution in [0.5, 0.6) is 5.75 Å². The number of nitriles is 1. The number of methoxy groups -OCH3 is 1. The summed E-state index contributed by atoms with van der Waals surface area (Å²) in [6, 6.07) is 7.59. The van der Waals surface area contributed by atoms with Gasteiger partial charge in [0.15, 0.2) is 4.34 Å². The third-order valence-corrected chi connectivity index (χ3v) is 4.13. The van der Waals surface area contributed by atoms with Crippen molar-refractivity contribution in [3.63, 3.8) is 0 Å². The number of thioether (sulfide) groups is 1. The Morgan fingerprint density at radius 2 is 2.33 bits per heavy atom. The number of nitrogen functional groups attached to an aromatic ring is 1. The van der Waals surface area contributed by atoms with Crippen molar-refractivity contribution in [3.05, 3.63) is 29.3 Å². The van der Waals surface area contributed by atoms with Crippen LogP contribution in [-0.4, -0.2) is 17.3 Å². The van der Waals surface area contributed by atoms with E-state index in [0.29, 0.717) is 16.4 Å². The van der Waals surface area contributed by atoms with Gasteiger partial charge in [0.1, 0.15) is 11.8 Å². The molecular weight excluding hydrogens is 268 g/mol. The minimum atomic E-state index is 0.468. The number of aromatic nitrogens is 2. The zero-order valence-corrected chi connectivity index (χ0v) is 11.2. The van der Waals surface area contributed by atoms with Gasteiger partial charge in [-0.25, -0.2) is 0 Å². The van der Waals surface area contributed by atoms with Crippen LogP contribution >= 0.6 is 23.1 Å². The highest BCUT2D eigenvalue weighted by molar-refractivity contribution is 8.00. The molecule has 1 heterocycles. The second-order valence-electron chi connectivity index (χ2n) is 3.34. The van der Waals surface area contributed by atoms with Gasteiger partial charge in [-0.2, -0.15) is 5.26 Å². The van der Waals surface area contributed by atoms with Gasteiger partial charge in [0.05, 0.1) is 12.7 Å². The average molecular weight is 278 g/mol. The first-order valence-corrected chi connectivity index (χ1v) is 6.82. The van der Waals surface area contributed by atoms with Crippen molar-refractivity contribution in [2.75, 3.05) is 12.8 Å². The smallest absolute Gasteiger partial charge is 0.203 e. The van der Waals surface area contributed by atoms with E-state index in [4.69, 9.17) is 15.7 Å². The van der Waals surface area contributed by atoms with E-state index < -0.39 is 0 Å². The van der Waals surface area contributed by atoms with Gasteiger partial charge in [-0.05, 0) is 17.7 Å². The second kappa shape index (κ2) is 5.71. The summed E-state index contributed by atoms with van der Waals surface area (Å²) in [6.07, 6.45) is 0. The van der Waals surface area contributed by atoms with Gasteiger partial charge >= 0.3 is 0 Å². The zero-order valence-electron chi connectivity index (χ0n) is 9.58. The number of nitrogens with zero attached hydrogens (tertiary/aromatic N) is 3. The van der Waals surface area contributed by atoms with Crippen LogP contribution in [0.15, 0.2) is 22.5 Å². The predicted molar refractivity (Wildman–Crippen MR) is 71.6 cm³/mol. The Bertz CT molecular complexity index is 591. The summed E-state index contributed by atoms with van der Waals surface area (Å²) in [5, 5.41) is 17.0. The summed E-state index contributed by atoms with van der Waals surface area (Å²) >= 11 is 2.91. The van der Waals surface area contributed by atoms with Gasteiger partial charge in [0, 0.05) is 5.75 Å². The maximum absolute atomic E-state index is 8.89. The molecule has 0 aliphatic heterocycles. The molecule has 2 N–H and O–H groups in total. The molecule has 1 aromatic carbocycles. The minimum Gasteiger partial charge on any atom is -0.495 e. The van der Waals surface area contributed by atoms with E-state index >= 15 is 0 Å².